The number of hydrogen-bond donors (Lipinski definition) is 0. The predicted octanol–water partition coefficient (Wildman–Crippen LogP) is 1.45. The van der Waals surface area contributed by atoms with Crippen molar-refractivity contribution in [3.63, 3.8) is 0 Å². The standard InChI is InChI=1S/C6H7ClN2O/c1-4-3-5(10-2)6(7)9-8-4/h3H,1-2H3. The van der Waals surface area contributed by atoms with Gasteiger partial charge in [0.05, 0.1) is 12.8 Å². The molecule has 0 fully saturated rings. The molecule has 0 N–H and O–H groups in total. The molecule has 0 aliphatic carbocycles. The van der Waals surface area contributed by atoms with Crippen LogP contribution >= 0.6 is 11.6 Å². The van der Waals surface area contributed by atoms with Crippen molar-refractivity contribution in [3.8, 4) is 5.75 Å². The molecule has 0 amide bonds. The van der Waals surface area contributed by atoms with Gasteiger partial charge in [-0.15, -0.1) is 5.10 Å². The Morgan fingerprint density at radius 3 is 2.70 bits per heavy atom. The molecule has 0 spiro atoms. The molecule has 0 bridgehead atoms. The largest absolute Gasteiger partial charge is 0.493 e. The Balaban J connectivity index is 3.09. The first-order valence-corrected chi connectivity index (χ1v) is 3.15. The van der Waals surface area contributed by atoms with E-state index in [2.05, 4.69) is 10.2 Å². The van der Waals surface area contributed by atoms with Gasteiger partial charge in [0.15, 0.2) is 10.9 Å². The fraction of sp³-hybridized carbons (Fsp3) is 0.333. The molecule has 0 aromatic carbocycles. The number of methoxy groups -OCH3 is 1. The molecule has 0 saturated carbocycles. The maximum atomic E-state index is 5.60. The average molecular weight is 159 g/mol. The van der Waals surface area contributed by atoms with Crippen molar-refractivity contribution in [3.05, 3.63) is 16.9 Å². The molecule has 3 nitrogen and oxygen atoms in total. The molecule has 1 aromatic rings. The maximum absolute atomic E-state index is 5.60. The van der Waals surface area contributed by atoms with Crippen LogP contribution in [0.15, 0.2) is 6.07 Å². The minimum Gasteiger partial charge on any atom is -0.493 e. The van der Waals surface area contributed by atoms with Crippen molar-refractivity contribution < 1.29 is 4.74 Å². The molecule has 1 heterocycles. The Hall–Kier alpha value is -0.830. The molecule has 0 unspecified atom stereocenters. The topological polar surface area (TPSA) is 35.0 Å². The number of hydrogen-bond acceptors (Lipinski definition) is 3. The molecular weight excluding hydrogens is 152 g/mol. The zero-order chi connectivity index (χ0) is 7.56. The number of rotatable bonds is 1. The molecule has 0 radical (unpaired) electrons. The lowest BCUT2D eigenvalue weighted by molar-refractivity contribution is 0.411. The monoisotopic (exact) mass is 158 g/mol. The van der Waals surface area contributed by atoms with Gasteiger partial charge in [0.25, 0.3) is 0 Å². The van der Waals surface area contributed by atoms with Crippen LogP contribution in [0.5, 0.6) is 5.75 Å². The highest BCUT2D eigenvalue weighted by atomic mass is 35.5. The van der Waals surface area contributed by atoms with E-state index >= 15 is 0 Å². The van der Waals surface area contributed by atoms with Crippen LogP contribution in [0.4, 0.5) is 0 Å². The van der Waals surface area contributed by atoms with Gasteiger partial charge in [-0.3, -0.25) is 0 Å². The fourth-order valence-corrected chi connectivity index (χ4v) is 0.763. The average Bonchev–Trinajstić information content (AvgIpc) is 1.94. The third-order valence-electron chi connectivity index (χ3n) is 1.06. The first-order valence-electron chi connectivity index (χ1n) is 2.78. The Labute approximate surface area is 64.0 Å². The highest BCUT2D eigenvalue weighted by Gasteiger charge is 2.00. The van der Waals surface area contributed by atoms with Crippen LogP contribution in [0.3, 0.4) is 0 Å². The zero-order valence-electron chi connectivity index (χ0n) is 5.76. The molecule has 1 aromatic heterocycles. The van der Waals surface area contributed by atoms with Gasteiger partial charge in [-0.1, -0.05) is 11.6 Å². The summed E-state index contributed by atoms with van der Waals surface area (Å²) >= 11 is 5.60. The lowest BCUT2D eigenvalue weighted by Gasteiger charge is -1.99. The van der Waals surface area contributed by atoms with Crippen LogP contribution in [0.25, 0.3) is 0 Å². The number of aryl methyl sites for hydroxylation is 1. The van der Waals surface area contributed by atoms with E-state index in [4.69, 9.17) is 16.3 Å². The molecule has 10 heavy (non-hydrogen) atoms. The molecule has 0 aliphatic rings. The van der Waals surface area contributed by atoms with Gasteiger partial charge >= 0.3 is 0 Å². The minimum atomic E-state index is 0.299. The van der Waals surface area contributed by atoms with E-state index in [0.717, 1.165) is 5.69 Å². The Morgan fingerprint density at radius 2 is 2.20 bits per heavy atom. The SMILES string of the molecule is COc1cc(C)nnc1Cl. The van der Waals surface area contributed by atoms with Crippen molar-refractivity contribution in [2.75, 3.05) is 7.11 Å². The summed E-state index contributed by atoms with van der Waals surface area (Å²) in [6, 6.07) is 1.73. The number of nitrogens with zero attached hydrogens (tertiary/aromatic N) is 2. The van der Waals surface area contributed by atoms with Gasteiger partial charge in [-0.05, 0) is 6.92 Å². The molecule has 0 aliphatic heterocycles. The van der Waals surface area contributed by atoms with E-state index in [1.165, 1.54) is 0 Å². The quantitative estimate of drug-likeness (QED) is 0.621. The third kappa shape index (κ3) is 1.36. The van der Waals surface area contributed by atoms with Crippen LogP contribution in [-0.2, 0) is 0 Å². The van der Waals surface area contributed by atoms with Gasteiger partial charge in [-0.25, -0.2) is 0 Å². The summed E-state index contributed by atoms with van der Waals surface area (Å²) in [6.07, 6.45) is 0. The fourth-order valence-electron chi connectivity index (χ4n) is 0.593. The van der Waals surface area contributed by atoms with Crippen molar-refractivity contribution in [1.82, 2.24) is 10.2 Å². The van der Waals surface area contributed by atoms with Crippen LogP contribution in [0.2, 0.25) is 5.15 Å². The van der Waals surface area contributed by atoms with Crippen LogP contribution in [0, 0.1) is 6.92 Å². The Morgan fingerprint density at radius 1 is 1.50 bits per heavy atom. The van der Waals surface area contributed by atoms with Crippen LogP contribution < -0.4 is 4.74 Å². The molecule has 4 heteroatoms. The first-order chi connectivity index (χ1) is 4.74. The number of aromatic nitrogens is 2. The molecule has 0 saturated heterocycles. The van der Waals surface area contributed by atoms with Crippen molar-refractivity contribution in [2.24, 2.45) is 0 Å². The summed E-state index contributed by atoms with van der Waals surface area (Å²) in [6.45, 7) is 1.83. The van der Waals surface area contributed by atoms with E-state index in [0.29, 0.717) is 10.9 Å². The number of halogens is 1. The Bertz CT molecular complexity index is 239. The highest BCUT2D eigenvalue weighted by Crippen LogP contribution is 2.19. The first kappa shape index (κ1) is 7.28. The van der Waals surface area contributed by atoms with Crippen LogP contribution in [0.1, 0.15) is 5.69 Å². The van der Waals surface area contributed by atoms with Crippen molar-refractivity contribution in [1.29, 1.82) is 0 Å². The Kier molecular flexibility index (Phi) is 2.06. The second kappa shape index (κ2) is 2.84. The van der Waals surface area contributed by atoms with E-state index < -0.39 is 0 Å². The summed E-state index contributed by atoms with van der Waals surface area (Å²) < 4.78 is 4.89. The van der Waals surface area contributed by atoms with Crippen molar-refractivity contribution in [2.45, 2.75) is 6.92 Å². The lowest BCUT2D eigenvalue weighted by atomic mass is 10.4. The summed E-state index contributed by atoms with van der Waals surface area (Å²) in [5.41, 5.74) is 0.793. The normalized spacial score (nSPS) is 9.50. The van der Waals surface area contributed by atoms with Gasteiger partial charge in [0.1, 0.15) is 0 Å². The van der Waals surface area contributed by atoms with Gasteiger partial charge in [-0.2, -0.15) is 5.10 Å². The maximum Gasteiger partial charge on any atom is 0.193 e. The smallest absolute Gasteiger partial charge is 0.193 e. The lowest BCUT2D eigenvalue weighted by Crippen LogP contribution is -1.91. The van der Waals surface area contributed by atoms with Gasteiger partial charge < -0.3 is 4.74 Å². The van der Waals surface area contributed by atoms with Gasteiger partial charge in [0.2, 0.25) is 0 Å². The molecule has 0 atom stereocenters. The van der Waals surface area contributed by atoms with E-state index in [1.54, 1.807) is 13.2 Å². The third-order valence-corrected chi connectivity index (χ3v) is 1.32. The van der Waals surface area contributed by atoms with Crippen LogP contribution in [-0.4, -0.2) is 17.3 Å². The highest BCUT2D eigenvalue weighted by molar-refractivity contribution is 6.30. The van der Waals surface area contributed by atoms with E-state index in [9.17, 15) is 0 Å². The summed E-state index contributed by atoms with van der Waals surface area (Å²) in [7, 11) is 1.54. The summed E-state index contributed by atoms with van der Waals surface area (Å²) in [5.74, 6) is 0.564. The molecule has 1 rings (SSSR count). The summed E-state index contributed by atoms with van der Waals surface area (Å²) in [5, 5.41) is 7.66. The molecule has 54 valence electrons. The van der Waals surface area contributed by atoms with E-state index in [-0.39, 0.29) is 0 Å². The molecular formula is C6H7ClN2O. The minimum absolute atomic E-state index is 0.299. The van der Waals surface area contributed by atoms with E-state index in [1.807, 2.05) is 6.92 Å². The van der Waals surface area contributed by atoms with Crippen molar-refractivity contribution >= 4 is 11.6 Å². The number of ether oxygens (including phenoxy) is 1. The second-order valence-electron chi connectivity index (χ2n) is 1.84. The van der Waals surface area contributed by atoms with Gasteiger partial charge in [0, 0.05) is 6.07 Å². The second-order valence-corrected chi connectivity index (χ2v) is 2.20. The summed E-state index contributed by atoms with van der Waals surface area (Å²) in [4.78, 5) is 0. The predicted molar refractivity (Wildman–Crippen MR) is 38.3 cm³/mol. The zero-order valence-corrected chi connectivity index (χ0v) is 6.51.